The SMILES string of the molecule is C=CCN(C/C(=C\c1ccccc1Br)C(=O)OC)c1ccccc1. The van der Waals surface area contributed by atoms with Crippen molar-refractivity contribution >= 4 is 33.7 Å². The number of carbonyl (C=O) groups is 1. The number of methoxy groups -OCH3 is 1. The monoisotopic (exact) mass is 385 g/mol. The number of benzene rings is 2. The molecule has 2 aromatic rings. The van der Waals surface area contributed by atoms with E-state index in [1.54, 1.807) is 0 Å². The maximum Gasteiger partial charge on any atom is 0.335 e. The molecular weight excluding hydrogens is 366 g/mol. The minimum Gasteiger partial charge on any atom is -0.466 e. The fourth-order valence-corrected chi connectivity index (χ4v) is 2.74. The highest BCUT2D eigenvalue weighted by molar-refractivity contribution is 9.10. The molecule has 0 saturated carbocycles. The lowest BCUT2D eigenvalue weighted by Crippen LogP contribution is -2.28. The second-order valence-electron chi connectivity index (χ2n) is 5.19. The molecule has 0 bridgehead atoms. The zero-order chi connectivity index (χ0) is 17.4. The Bertz CT molecular complexity index is 725. The van der Waals surface area contributed by atoms with Crippen LogP contribution in [0.25, 0.3) is 6.08 Å². The van der Waals surface area contributed by atoms with Crippen LogP contribution in [-0.4, -0.2) is 26.2 Å². The van der Waals surface area contributed by atoms with Crippen LogP contribution in [-0.2, 0) is 9.53 Å². The van der Waals surface area contributed by atoms with Crippen LogP contribution in [0.15, 0.2) is 77.3 Å². The molecule has 0 aliphatic rings. The largest absolute Gasteiger partial charge is 0.466 e. The summed E-state index contributed by atoms with van der Waals surface area (Å²) in [5, 5.41) is 0. The fraction of sp³-hybridized carbons (Fsp3) is 0.150. The molecule has 0 N–H and O–H groups in total. The van der Waals surface area contributed by atoms with Crippen molar-refractivity contribution in [3.63, 3.8) is 0 Å². The van der Waals surface area contributed by atoms with Gasteiger partial charge in [-0.1, -0.05) is 58.4 Å². The van der Waals surface area contributed by atoms with Gasteiger partial charge in [0.15, 0.2) is 0 Å². The van der Waals surface area contributed by atoms with E-state index in [4.69, 9.17) is 4.74 Å². The highest BCUT2D eigenvalue weighted by Gasteiger charge is 2.15. The highest BCUT2D eigenvalue weighted by atomic mass is 79.9. The molecule has 0 aromatic heterocycles. The van der Waals surface area contributed by atoms with Gasteiger partial charge in [-0.2, -0.15) is 0 Å². The van der Waals surface area contributed by atoms with Gasteiger partial charge < -0.3 is 9.64 Å². The Hall–Kier alpha value is -2.33. The summed E-state index contributed by atoms with van der Waals surface area (Å²) in [6.45, 7) is 4.88. The van der Waals surface area contributed by atoms with Crippen LogP contribution < -0.4 is 4.90 Å². The first-order valence-corrected chi connectivity index (χ1v) is 8.39. The zero-order valence-electron chi connectivity index (χ0n) is 13.6. The molecule has 4 heteroatoms. The summed E-state index contributed by atoms with van der Waals surface area (Å²) in [5.41, 5.74) is 2.54. The number of hydrogen-bond donors (Lipinski definition) is 0. The Morgan fingerprint density at radius 1 is 1.17 bits per heavy atom. The third-order valence-corrected chi connectivity index (χ3v) is 4.24. The number of rotatable bonds is 7. The van der Waals surface area contributed by atoms with E-state index in [2.05, 4.69) is 27.4 Å². The lowest BCUT2D eigenvalue weighted by atomic mass is 10.1. The van der Waals surface area contributed by atoms with Crippen molar-refractivity contribution in [2.75, 3.05) is 25.1 Å². The molecule has 124 valence electrons. The predicted molar refractivity (Wildman–Crippen MR) is 103 cm³/mol. The van der Waals surface area contributed by atoms with E-state index in [0.29, 0.717) is 18.7 Å². The number of anilines is 1. The Balaban J connectivity index is 2.35. The molecule has 2 rings (SSSR count). The van der Waals surface area contributed by atoms with Crippen LogP contribution in [0, 0.1) is 0 Å². The summed E-state index contributed by atoms with van der Waals surface area (Å²) >= 11 is 3.51. The van der Waals surface area contributed by atoms with Crippen molar-refractivity contribution in [2.45, 2.75) is 0 Å². The average Bonchev–Trinajstić information content (AvgIpc) is 2.62. The Labute approximate surface area is 151 Å². The number of para-hydroxylation sites is 1. The Morgan fingerprint density at radius 2 is 1.83 bits per heavy atom. The normalized spacial score (nSPS) is 11.0. The van der Waals surface area contributed by atoms with E-state index < -0.39 is 0 Å². The fourth-order valence-electron chi connectivity index (χ4n) is 2.34. The lowest BCUT2D eigenvalue weighted by Gasteiger charge is -2.24. The number of carbonyl (C=O) groups excluding carboxylic acids is 1. The molecule has 3 nitrogen and oxygen atoms in total. The Kier molecular flexibility index (Phi) is 6.82. The summed E-state index contributed by atoms with van der Waals surface area (Å²) < 4.78 is 5.90. The molecule has 0 spiro atoms. The first kappa shape index (κ1) is 18.0. The minimum atomic E-state index is -0.337. The summed E-state index contributed by atoms with van der Waals surface area (Å²) in [6, 6.07) is 17.7. The molecule has 0 unspecified atom stereocenters. The maximum atomic E-state index is 12.2. The first-order chi connectivity index (χ1) is 11.7. The van der Waals surface area contributed by atoms with Crippen molar-refractivity contribution < 1.29 is 9.53 Å². The van der Waals surface area contributed by atoms with Crippen molar-refractivity contribution in [3.05, 3.63) is 82.9 Å². The van der Waals surface area contributed by atoms with Gasteiger partial charge in [-0.3, -0.25) is 0 Å². The molecular formula is C20H20BrNO2. The maximum absolute atomic E-state index is 12.2. The van der Waals surface area contributed by atoms with Crippen molar-refractivity contribution in [3.8, 4) is 0 Å². The van der Waals surface area contributed by atoms with Crippen molar-refractivity contribution in [1.29, 1.82) is 0 Å². The van der Waals surface area contributed by atoms with E-state index in [1.165, 1.54) is 7.11 Å². The molecule has 0 aliphatic heterocycles. The summed E-state index contributed by atoms with van der Waals surface area (Å²) in [7, 11) is 1.40. The van der Waals surface area contributed by atoms with Crippen molar-refractivity contribution in [1.82, 2.24) is 0 Å². The molecule has 2 aromatic carbocycles. The van der Waals surface area contributed by atoms with Crippen molar-refractivity contribution in [2.24, 2.45) is 0 Å². The molecule has 24 heavy (non-hydrogen) atoms. The van der Waals surface area contributed by atoms with Gasteiger partial charge in [0.2, 0.25) is 0 Å². The predicted octanol–water partition coefficient (Wildman–Crippen LogP) is 4.70. The summed E-state index contributed by atoms with van der Waals surface area (Å²) in [4.78, 5) is 14.3. The van der Waals surface area contributed by atoms with E-state index in [1.807, 2.05) is 66.7 Å². The highest BCUT2D eigenvalue weighted by Crippen LogP contribution is 2.21. The van der Waals surface area contributed by atoms with Gasteiger partial charge in [0.1, 0.15) is 0 Å². The van der Waals surface area contributed by atoms with E-state index in [-0.39, 0.29) is 5.97 Å². The van der Waals surface area contributed by atoms with Gasteiger partial charge in [0.25, 0.3) is 0 Å². The summed E-state index contributed by atoms with van der Waals surface area (Å²) in [6.07, 6.45) is 3.68. The molecule has 0 radical (unpaired) electrons. The van der Waals surface area contributed by atoms with E-state index in [9.17, 15) is 4.79 Å². The van der Waals surface area contributed by atoms with Crippen LogP contribution in [0.1, 0.15) is 5.56 Å². The molecule has 0 amide bonds. The van der Waals surface area contributed by atoms with Gasteiger partial charge in [0.05, 0.1) is 19.2 Å². The first-order valence-electron chi connectivity index (χ1n) is 7.60. The van der Waals surface area contributed by atoms with Gasteiger partial charge in [-0.25, -0.2) is 4.79 Å². The molecule has 0 heterocycles. The summed E-state index contributed by atoms with van der Waals surface area (Å²) in [5.74, 6) is -0.337. The quantitative estimate of drug-likeness (QED) is 0.393. The average molecular weight is 386 g/mol. The van der Waals surface area contributed by atoms with Crippen LogP contribution in [0.3, 0.4) is 0 Å². The van der Waals surface area contributed by atoms with Gasteiger partial charge in [-0.05, 0) is 29.8 Å². The van der Waals surface area contributed by atoms with Crippen LogP contribution in [0.5, 0.6) is 0 Å². The number of ether oxygens (including phenoxy) is 1. The van der Waals surface area contributed by atoms with Crippen LogP contribution in [0.2, 0.25) is 0 Å². The Morgan fingerprint density at radius 3 is 2.46 bits per heavy atom. The second kappa shape index (κ2) is 9.08. The minimum absolute atomic E-state index is 0.337. The third-order valence-electron chi connectivity index (χ3n) is 3.51. The second-order valence-corrected chi connectivity index (χ2v) is 6.04. The topological polar surface area (TPSA) is 29.5 Å². The van der Waals surface area contributed by atoms with E-state index >= 15 is 0 Å². The standard InChI is InChI=1S/C20H20BrNO2/c1-3-13-22(18-10-5-4-6-11-18)15-17(20(23)24-2)14-16-9-7-8-12-19(16)21/h3-12,14H,1,13,15H2,2H3/b17-14+. The number of hydrogen-bond acceptors (Lipinski definition) is 3. The smallest absolute Gasteiger partial charge is 0.335 e. The molecule has 0 fully saturated rings. The molecule has 0 saturated heterocycles. The van der Waals surface area contributed by atoms with Gasteiger partial charge in [0, 0.05) is 16.7 Å². The van der Waals surface area contributed by atoms with Crippen LogP contribution in [0.4, 0.5) is 5.69 Å². The lowest BCUT2D eigenvalue weighted by molar-refractivity contribution is -0.136. The van der Waals surface area contributed by atoms with Crippen LogP contribution >= 0.6 is 15.9 Å². The zero-order valence-corrected chi connectivity index (χ0v) is 15.2. The molecule has 0 aliphatic carbocycles. The third kappa shape index (κ3) is 4.83. The number of nitrogens with zero attached hydrogens (tertiary/aromatic N) is 1. The number of esters is 1. The van der Waals surface area contributed by atoms with Gasteiger partial charge in [-0.15, -0.1) is 6.58 Å². The number of halogens is 1. The van der Waals surface area contributed by atoms with E-state index in [0.717, 1.165) is 15.7 Å². The molecule has 0 atom stereocenters. The van der Waals surface area contributed by atoms with Gasteiger partial charge >= 0.3 is 5.97 Å².